The lowest BCUT2D eigenvalue weighted by molar-refractivity contribution is 0.0696. The third-order valence-electron chi connectivity index (χ3n) is 2.32. The van der Waals surface area contributed by atoms with Crippen LogP contribution in [0.3, 0.4) is 0 Å². The van der Waals surface area contributed by atoms with E-state index >= 15 is 0 Å². The zero-order valence-corrected chi connectivity index (χ0v) is 9.86. The van der Waals surface area contributed by atoms with Crippen LogP contribution in [0.15, 0.2) is 30.6 Å². The van der Waals surface area contributed by atoms with Gasteiger partial charge in [0.15, 0.2) is 0 Å². The van der Waals surface area contributed by atoms with Gasteiger partial charge in [-0.25, -0.2) is 19.2 Å². The fourth-order valence-corrected chi connectivity index (χ4v) is 1.63. The van der Waals surface area contributed by atoms with Gasteiger partial charge in [-0.3, -0.25) is 0 Å². The van der Waals surface area contributed by atoms with Gasteiger partial charge in [-0.15, -0.1) is 0 Å². The van der Waals surface area contributed by atoms with E-state index in [0.29, 0.717) is 22.8 Å². The maximum absolute atomic E-state index is 12.8. The highest BCUT2D eigenvalue weighted by Gasteiger charge is 2.07. The van der Waals surface area contributed by atoms with Crippen molar-refractivity contribution in [2.75, 3.05) is 0 Å². The molecule has 4 nitrogen and oxygen atoms in total. The van der Waals surface area contributed by atoms with Crippen molar-refractivity contribution in [3.63, 3.8) is 0 Å². The van der Waals surface area contributed by atoms with Crippen LogP contribution in [0.4, 0.5) is 4.39 Å². The number of hydrogen-bond donors (Lipinski definition) is 1. The molecule has 2 aromatic rings. The molecule has 2 rings (SSSR count). The zero-order chi connectivity index (χ0) is 13.1. The Morgan fingerprint density at radius 2 is 2.00 bits per heavy atom. The highest BCUT2D eigenvalue weighted by atomic mass is 35.5. The average Bonchev–Trinajstić information content (AvgIpc) is 2.33. The summed E-state index contributed by atoms with van der Waals surface area (Å²) in [7, 11) is 0. The Morgan fingerprint density at radius 3 is 2.56 bits per heavy atom. The lowest BCUT2D eigenvalue weighted by Crippen LogP contribution is -2.02. The minimum atomic E-state index is -1.08. The van der Waals surface area contributed by atoms with Crippen molar-refractivity contribution in [1.82, 2.24) is 9.97 Å². The third kappa shape index (κ3) is 2.81. The second-order valence-corrected chi connectivity index (χ2v) is 4.01. The SMILES string of the molecule is O=C(O)c1cnc(Cc2ccc(F)cc2Cl)nc1. The summed E-state index contributed by atoms with van der Waals surface area (Å²) in [5.74, 6) is -1.07. The molecular weight excluding hydrogens is 259 g/mol. The number of benzene rings is 1. The number of hydrogen-bond acceptors (Lipinski definition) is 3. The molecule has 92 valence electrons. The van der Waals surface area contributed by atoms with Crippen LogP contribution < -0.4 is 0 Å². The van der Waals surface area contributed by atoms with Crippen molar-refractivity contribution in [2.45, 2.75) is 6.42 Å². The second-order valence-electron chi connectivity index (χ2n) is 3.61. The monoisotopic (exact) mass is 266 g/mol. The molecule has 0 atom stereocenters. The van der Waals surface area contributed by atoms with Crippen molar-refractivity contribution in [2.24, 2.45) is 0 Å². The van der Waals surface area contributed by atoms with E-state index in [2.05, 4.69) is 9.97 Å². The first-order chi connectivity index (χ1) is 8.56. The fourth-order valence-electron chi connectivity index (χ4n) is 1.39. The van der Waals surface area contributed by atoms with Crippen LogP contribution >= 0.6 is 11.6 Å². The minimum Gasteiger partial charge on any atom is -0.478 e. The van der Waals surface area contributed by atoms with Gasteiger partial charge in [0.2, 0.25) is 0 Å². The highest BCUT2D eigenvalue weighted by Crippen LogP contribution is 2.19. The first kappa shape index (κ1) is 12.4. The molecule has 18 heavy (non-hydrogen) atoms. The smallest absolute Gasteiger partial charge is 0.338 e. The largest absolute Gasteiger partial charge is 0.478 e. The molecule has 1 heterocycles. The van der Waals surface area contributed by atoms with Crippen molar-refractivity contribution in [3.8, 4) is 0 Å². The number of aromatic carboxylic acids is 1. The van der Waals surface area contributed by atoms with E-state index < -0.39 is 11.8 Å². The van der Waals surface area contributed by atoms with Crippen LogP contribution in [0.5, 0.6) is 0 Å². The maximum Gasteiger partial charge on any atom is 0.338 e. The summed E-state index contributed by atoms with van der Waals surface area (Å²) in [5.41, 5.74) is 0.699. The lowest BCUT2D eigenvalue weighted by Gasteiger charge is -2.03. The Morgan fingerprint density at radius 1 is 1.33 bits per heavy atom. The van der Waals surface area contributed by atoms with Crippen LogP contribution in [-0.2, 0) is 6.42 Å². The molecule has 1 aromatic heterocycles. The molecule has 0 spiro atoms. The van der Waals surface area contributed by atoms with Crippen LogP contribution in [0, 0.1) is 5.82 Å². The van der Waals surface area contributed by atoms with Gasteiger partial charge >= 0.3 is 5.97 Å². The highest BCUT2D eigenvalue weighted by molar-refractivity contribution is 6.31. The number of rotatable bonds is 3. The van der Waals surface area contributed by atoms with Gasteiger partial charge in [0.05, 0.1) is 5.56 Å². The Labute approximate surface area is 107 Å². The molecule has 0 aliphatic rings. The second kappa shape index (κ2) is 5.10. The maximum atomic E-state index is 12.8. The Balaban J connectivity index is 2.21. The Bertz CT molecular complexity index is 587. The van der Waals surface area contributed by atoms with E-state index in [1.54, 1.807) is 6.07 Å². The van der Waals surface area contributed by atoms with Crippen molar-refractivity contribution >= 4 is 17.6 Å². The lowest BCUT2D eigenvalue weighted by atomic mass is 10.1. The van der Waals surface area contributed by atoms with Gasteiger partial charge in [-0.05, 0) is 17.7 Å². The molecule has 0 saturated heterocycles. The van der Waals surface area contributed by atoms with Gasteiger partial charge in [-0.2, -0.15) is 0 Å². The molecule has 0 unspecified atom stereocenters. The number of nitrogens with zero attached hydrogens (tertiary/aromatic N) is 2. The Hall–Kier alpha value is -2.01. The zero-order valence-electron chi connectivity index (χ0n) is 9.10. The minimum absolute atomic E-state index is 0.0175. The molecule has 0 aliphatic heterocycles. The fraction of sp³-hybridized carbons (Fsp3) is 0.0833. The van der Waals surface area contributed by atoms with Crippen LogP contribution in [0.1, 0.15) is 21.7 Å². The Kier molecular flexibility index (Phi) is 3.53. The summed E-state index contributed by atoms with van der Waals surface area (Å²) in [5, 5.41) is 8.99. The predicted molar refractivity (Wildman–Crippen MR) is 63.2 cm³/mol. The molecular formula is C12H8ClFN2O2. The molecule has 0 amide bonds. The van der Waals surface area contributed by atoms with Crippen molar-refractivity contribution in [1.29, 1.82) is 0 Å². The van der Waals surface area contributed by atoms with Gasteiger partial charge in [0, 0.05) is 23.8 Å². The van der Waals surface area contributed by atoms with E-state index in [-0.39, 0.29) is 5.56 Å². The van der Waals surface area contributed by atoms with E-state index in [1.165, 1.54) is 24.5 Å². The summed E-state index contributed by atoms with van der Waals surface area (Å²) in [6, 6.07) is 4.06. The molecule has 0 fully saturated rings. The van der Waals surface area contributed by atoms with E-state index in [1.807, 2.05) is 0 Å². The van der Waals surface area contributed by atoms with Crippen LogP contribution in [0.2, 0.25) is 5.02 Å². The molecule has 1 N–H and O–H groups in total. The van der Waals surface area contributed by atoms with Crippen LogP contribution in [0.25, 0.3) is 0 Å². The van der Waals surface area contributed by atoms with Gasteiger partial charge < -0.3 is 5.11 Å². The molecule has 0 radical (unpaired) electrons. The quantitative estimate of drug-likeness (QED) is 0.927. The van der Waals surface area contributed by atoms with Gasteiger partial charge in [0.25, 0.3) is 0 Å². The molecule has 0 bridgehead atoms. The number of aromatic nitrogens is 2. The third-order valence-corrected chi connectivity index (χ3v) is 2.67. The summed E-state index contributed by atoms with van der Waals surface area (Å²) in [4.78, 5) is 18.4. The van der Waals surface area contributed by atoms with Crippen molar-refractivity contribution in [3.05, 3.63) is 58.4 Å². The number of halogens is 2. The standard InChI is InChI=1S/C12H8ClFN2O2/c13-10-4-9(14)2-1-7(10)3-11-15-5-8(6-16-11)12(17)18/h1-2,4-6H,3H2,(H,17,18). The van der Waals surface area contributed by atoms with E-state index in [4.69, 9.17) is 16.7 Å². The topological polar surface area (TPSA) is 63.1 Å². The normalized spacial score (nSPS) is 10.3. The molecule has 6 heteroatoms. The van der Waals surface area contributed by atoms with E-state index in [0.717, 1.165) is 0 Å². The first-order valence-electron chi connectivity index (χ1n) is 5.04. The van der Waals surface area contributed by atoms with Crippen LogP contribution in [-0.4, -0.2) is 21.0 Å². The molecule has 0 saturated carbocycles. The molecule has 1 aromatic carbocycles. The summed E-state index contributed by atoms with van der Waals surface area (Å²) < 4.78 is 12.8. The molecule has 0 aliphatic carbocycles. The van der Waals surface area contributed by atoms with E-state index in [9.17, 15) is 9.18 Å². The number of carboxylic acid groups (broad SMARTS) is 1. The summed E-state index contributed by atoms with van der Waals surface area (Å²) >= 11 is 5.87. The van der Waals surface area contributed by atoms with Gasteiger partial charge in [-0.1, -0.05) is 17.7 Å². The number of carboxylic acids is 1. The van der Waals surface area contributed by atoms with Gasteiger partial charge in [0.1, 0.15) is 11.6 Å². The first-order valence-corrected chi connectivity index (χ1v) is 5.42. The summed E-state index contributed by atoms with van der Waals surface area (Å²) in [6.45, 7) is 0. The summed E-state index contributed by atoms with van der Waals surface area (Å²) in [6.07, 6.45) is 2.77. The van der Waals surface area contributed by atoms with Crippen molar-refractivity contribution < 1.29 is 14.3 Å². The average molecular weight is 267 g/mol. The predicted octanol–water partition coefficient (Wildman–Crippen LogP) is 2.56. The number of carbonyl (C=O) groups is 1.